The molecule has 2 heterocycles. The first-order valence-corrected chi connectivity index (χ1v) is 5.09. The molecule has 3 N–H and O–H groups in total. The summed E-state index contributed by atoms with van der Waals surface area (Å²) in [4.78, 5) is 7.92. The Kier molecular flexibility index (Phi) is 2.83. The highest BCUT2D eigenvalue weighted by Crippen LogP contribution is 2.21. The number of thiophene rings is 1. The molecule has 2 aromatic heterocycles. The van der Waals surface area contributed by atoms with Crippen molar-refractivity contribution in [2.24, 2.45) is 5.84 Å². The van der Waals surface area contributed by atoms with Crippen molar-refractivity contribution in [2.75, 3.05) is 0 Å². The van der Waals surface area contributed by atoms with E-state index < -0.39 is 0 Å². The van der Waals surface area contributed by atoms with E-state index in [-0.39, 0.29) is 6.04 Å². The fraction of sp³-hybridized carbons (Fsp3) is 0.111. The maximum Gasteiger partial charge on any atom is 0.115 e. The van der Waals surface area contributed by atoms with Crippen LogP contribution >= 0.6 is 11.3 Å². The van der Waals surface area contributed by atoms with E-state index >= 15 is 0 Å². The van der Waals surface area contributed by atoms with Crippen LogP contribution in [-0.4, -0.2) is 9.97 Å². The first-order valence-electron chi connectivity index (χ1n) is 4.15. The summed E-state index contributed by atoms with van der Waals surface area (Å²) < 4.78 is 0. The van der Waals surface area contributed by atoms with Crippen LogP contribution in [0.5, 0.6) is 0 Å². The van der Waals surface area contributed by atoms with Gasteiger partial charge < -0.3 is 0 Å². The summed E-state index contributed by atoms with van der Waals surface area (Å²) in [5, 5.41) is 4.07. The Labute approximate surface area is 85.8 Å². The number of nitrogens with two attached hydrogens (primary N) is 1. The van der Waals surface area contributed by atoms with Crippen molar-refractivity contribution in [3.63, 3.8) is 0 Å². The van der Waals surface area contributed by atoms with Gasteiger partial charge in [0.2, 0.25) is 0 Å². The molecule has 0 fully saturated rings. The Morgan fingerprint density at radius 2 is 2.07 bits per heavy atom. The molecule has 14 heavy (non-hydrogen) atoms. The predicted octanol–water partition coefficient (Wildman–Crippen LogP) is 1.09. The third kappa shape index (κ3) is 1.79. The SMILES string of the molecule is NNC(c1cncnc1)c1ccsc1. The Morgan fingerprint density at radius 1 is 1.29 bits per heavy atom. The Bertz CT molecular complexity index is 373. The molecule has 0 spiro atoms. The largest absolute Gasteiger partial charge is 0.271 e. The Morgan fingerprint density at radius 3 is 2.64 bits per heavy atom. The third-order valence-electron chi connectivity index (χ3n) is 1.96. The van der Waals surface area contributed by atoms with E-state index in [1.54, 1.807) is 23.7 Å². The lowest BCUT2D eigenvalue weighted by Crippen LogP contribution is -2.28. The van der Waals surface area contributed by atoms with Crippen LogP contribution < -0.4 is 11.3 Å². The van der Waals surface area contributed by atoms with Crippen LogP contribution in [0.4, 0.5) is 0 Å². The number of rotatable bonds is 3. The average Bonchev–Trinajstić information content (AvgIpc) is 2.74. The lowest BCUT2D eigenvalue weighted by Gasteiger charge is -2.13. The summed E-state index contributed by atoms with van der Waals surface area (Å²) in [7, 11) is 0. The van der Waals surface area contributed by atoms with Crippen molar-refractivity contribution in [1.29, 1.82) is 0 Å². The first kappa shape index (κ1) is 9.26. The van der Waals surface area contributed by atoms with Crippen LogP contribution in [-0.2, 0) is 0 Å². The van der Waals surface area contributed by atoms with Gasteiger partial charge in [-0.25, -0.2) is 15.4 Å². The van der Waals surface area contributed by atoms with Gasteiger partial charge in [0.25, 0.3) is 0 Å². The van der Waals surface area contributed by atoms with Crippen LogP contribution in [0.3, 0.4) is 0 Å². The van der Waals surface area contributed by atoms with Gasteiger partial charge in [-0.3, -0.25) is 5.84 Å². The number of hydrazine groups is 1. The molecule has 2 aromatic rings. The van der Waals surface area contributed by atoms with Gasteiger partial charge in [0.15, 0.2) is 0 Å². The van der Waals surface area contributed by atoms with Crippen molar-refractivity contribution in [1.82, 2.24) is 15.4 Å². The van der Waals surface area contributed by atoms with Crippen LogP contribution in [0, 0.1) is 0 Å². The molecule has 1 atom stereocenters. The maximum absolute atomic E-state index is 5.50. The van der Waals surface area contributed by atoms with E-state index in [2.05, 4.69) is 20.8 Å². The maximum atomic E-state index is 5.50. The van der Waals surface area contributed by atoms with Crippen LogP contribution in [0.1, 0.15) is 17.2 Å². The monoisotopic (exact) mass is 206 g/mol. The molecule has 4 nitrogen and oxygen atoms in total. The Hall–Kier alpha value is -1.30. The van der Waals surface area contributed by atoms with Gasteiger partial charge >= 0.3 is 0 Å². The molecule has 0 aromatic carbocycles. The fourth-order valence-corrected chi connectivity index (χ4v) is 1.97. The summed E-state index contributed by atoms with van der Waals surface area (Å²) in [6.45, 7) is 0. The van der Waals surface area contributed by atoms with Crippen LogP contribution in [0.2, 0.25) is 0 Å². The zero-order valence-corrected chi connectivity index (χ0v) is 8.24. The van der Waals surface area contributed by atoms with E-state index in [9.17, 15) is 0 Å². The lowest BCUT2D eigenvalue weighted by atomic mass is 10.1. The molecule has 2 rings (SSSR count). The molecule has 0 aliphatic heterocycles. The molecule has 1 unspecified atom stereocenters. The minimum absolute atomic E-state index is 0.0255. The summed E-state index contributed by atoms with van der Waals surface area (Å²) >= 11 is 1.64. The number of nitrogens with zero attached hydrogens (tertiary/aromatic N) is 2. The summed E-state index contributed by atoms with van der Waals surface area (Å²) in [6.07, 6.45) is 5.02. The summed E-state index contributed by atoms with van der Waals surface area (Å²) in [6, 6.07) is 2.00. The standard InChI is InChI=1S/C9H10N4S/c10-13-9(7-1-2-14-5-7)8-3-11-6-12-4-8/h1-6,9,13H,10H2. The first-order chi connectivity index (χ1) is 6.92. The van der Waals surface area contributed by atoms with Crippen molar-refractivity contribution >= 4 is 11.3 Å². The van der Waals surface area contributed by atoms with Crippen molar-refractivity contribution in [3.8, 4) is 0 Å². The highest BCUT2D eigenvalue weighted by Gasteiger charge is 2.12. The van der Waals surface area contributed by atoms with Gasteiger partial charge in [0.1, 0.15) is 6.33 Å². The summed E-state index contributed by atoms with van der Waals surface area (Å²) in [5.41, 5.74) is 4.85. The third-order valence-corrected chi connectivity index (χ3v) is 2.66. The summed E-state index contributed by atoms with van der Waals surface area (Å²) in [5.74, 6) is 5.50. The van der Waals surface area contributed by atoms with E-state index in [1.807, 2.05) is 11.4 Å². The molecule has 0 radical (unpaired) electrons. The molecule has 0 aliphatic rings. The second-order valence-corrected chi connectivity index (χ2v) is 3.61. The minimum Gasteiger partial charge on any atom is -0.271 e. The average molecular weight is 206 g/mol. The molecule has 0 bridgehead atoms. The van der Waals surface area contributed by atoms with E-state index in [1.165, 1.54) is 6.33 Å². The second kappa shape index (κ2) is 4.28. The molecular formula is C9H10N4S. The smallest absolute Gasteiger partial charge is 0.115 e. The Balaban J connectivity index is 2.31. The van der Waals surface area contributed by atoms with Crippen molar-refractivity contribution in [3.05, 3.63) is 46.7 Å². The van der Waals surface area contributed by atoms with Gasteiger partial charge in [0.05, 0.1) is 6.04 Å². The molecule has 0 amide bonds. The topological polar surface area (TPSA) is 63.8 Å². The van der Waals surface area contributed by atoms with Gasteiger partial charge in [-0.05, 0) is 22.4 Å². The van der Waals surface area contributed by atoms with E-state index in [0.29, 0.717) is 0 Å². The molecular weight excluding hydrogens is 196 g/mol. The van der Waals surface area contributed by atoms with E-state index in [4.69, 9.17) is 5.84 Å². The molecule has 0 aliphatic carbocycles. The van der Waals surface area contributed by atoms with Crippen molar-refractivity contribution in [2.45, 2.75) is 6.04 Å². The highest BCUT2D eigenvalue weighted by atomic mass is 32.1. The van der Waals surface area contributed by atoms with E-state index in [0.717, 1.165) is 11.1 Å². The zero-order valence-electron chi connectivity index (χ0n) is 7.42. The fourth-order valence-electron chi connectivity index (χ4n) is 1.28. The normalized spacial score (nSPS) is 12.6. The zero-order chi connectivity index (χ0) is 9.80. The van der Waals surface area contributed by atoms with Crippen molar-refractivity contribution < 1.29 is 0 Å². The molecule has 0 saturated heterocycles. The van der Waals surface area contributed by atoms with Gasteiger partial charge in [-0.15, -0.1) is 0 Å². The molecule has 5 heteroatoms. The predicted molar refractivity (Wildman–Crippen MR) is 55.5 cm³/mol. The second-order valence-electron chi connectivity index (χ2n) is 2.83. The number of nitrogens with one attached hydrogen (secondary N) is 1. The number of hydrogen-bond donors (Lipinski definition) is 2. The van der Waals surface area contributed by atoms with Crippen LogP contribution in [0.15, 0.2) is 35.5 Å². The minimum atomic E-state index is -0.0255. The number of aromatic nitrogens is 2. The molecule has 72 valence electrons. The molecule has 0 saturated carbocycles. The van der Waals surface area contributed by atoms with Crippen LogP contribution in [0.25, 0.3) is 0 Å². The number of hydrogen-bond acceptors (Lipinski definition) is 5. The van der Waals surface area contributed by atoms with Gasteiger partial charge in [0, 0.05) is 18.0 Å². The van der Waals surface area contributed by atoms with Gasteiger partial charge in [-0.1, -0.05) is 0 Å². The van der Waals surface area contributed by atoms with Gasteiger partial charge in [-0.2, -0.15) is 11.3 Å². The quantitative estimate of drug-likeness (QED) is 0.583. The lowest BCUT2D eigenvalue weighted by molar-refractivity contribution is 0.633. The highest BCUT2D eigenvalue weighted by molar-refractivity contribution is 7.08.